The third-order valence-electron chi connectivity index (χ3n) is 3.44. The minimum absolute atomic E-state index is 0.742. The van der Waals surface area contributed by atoms with E-state index in [0.29, 0.717) is 0 Å². The summed E-state index contributed by atoms with van der Waals surface area (Å²) < 4.78 is 5.39. The van der Waals surface area contributed by atoms with Crippen molar-refractivity contribution in [3.8, 4) is 0 Å². The molecule has 0 bridgehead atoms. The average Bonchev–Trinajstić information content (AvgIpc) is 2.31. The molecule has 0 spiro atoms. The molecule has 2 aliphatic rings. The SMILES string of the molecule is ClCCN1CCCC(N2CCOCC2)C1. The molecule has 2 aliphatic heterocycles. The molecule has 0 aromatic heterocycles. The highest BCUT2D eigenvalue weighted by atomic mass is 35.5. The molecular weight excluding hydrogens is 212 g/mol. The molecule has 88 valence electrons. The van der Waals surface area contributed by atoms with Gasteiger partial charge in [-0.25, -0.2) is 0 Å². The lowest BCUT2D eigenvalue weighted by Gasteiger charge is -2.40. The van der Waals surface area contributed by atoms with Gasteiger partial charge < -0.3 is 9.64 Å². The molecule has 0 amide bonds. The highest BCUT2D eigenvalue weighted by molar-refractivity contribution is 6.18. The Morgan fingerprint density at radius 2 is 2.00 bits per heavy atom. The fourth-order valence-corrected chi connectivity index (χ4v) is 2.83. The molecule has 4 heteroatoms. The van der Waals surface area contributed by atoms with Gasteiger partial charge in [-0.1, -0.05) is 0 Å². The fraction of sp³-hybridized carbons (Fsp3) is 1.00. The molecule has 2 heterocycles. The summed E-state index contributed by atoms with van der Waals surface area (Å²) in [6.07, 6.45) is 2.66. The van der Waals surface area contributed by atoms with E-state index < -0.39 is 0 Å². The van der Waals surface area contributed by atoms with Gasteiger partial charge in [0.25, 0.3) is 0 Å². The van der Waals surface area contributed by atoms with Crippen molar-refractivity contribution in [3.05, 3.63) is 0 Å². The molecule has 0 radical (unpaired) electrons. The summed E-state index contributed by atoms with van der Waals surface area (Å²) in [5.41, 5.74) is 0. The Labute approximate surface area is 97.3 Å². The van der Waals surface area contributed by atoms with Crippen LogP contribution < -0.4 is 0 Å². The van der Waals surface area contributed by atoms with Crippen LogP contribution in [-0.4, -0.2) is 67.7 Å². The van der Waals surface area contributed by atoms with Crippen LogP contribution in [0.15, 0.2) is 0 Å². The molecular formula is C11H21ClN2O. The molecule has 1 unspecified atom stereocenters. The minimum Gasteiger partial charge on any atom is -0.379 e. The first kappa shape index (κ1) is 11.6. The second-order valence-corrected chi connectivity index (χ2v) is 4.81. The largest absolute Gasteiger partial charge is 0.379 e. The quantitative estimate of drug-likeness (QED) is 0.676. The molecule has 15 heavy (non-hydrogen) atoms. The number of morpholine rings is 1. The van der Waals surface area contributed by atoms with Gasteiger partial charge in [-0.05, 0) is 19.4 Å². The standard InChI is InChI=1S/C11H21ClN2O/c12-3-5-13-4-1-2-11(10-13)14-6-8-15-9-7-14/h11H,1-10H2. The maximum atomic E-state index is 5.79. The average molecular weight is 233 g/mol. The van der Waals surface area contributed by atoms with E-state index >= 15 is 0 Å². The van der Waals surface area contributed by atoms with Gasteiger partial charge in [-0.3, -0.25) is 4.90 Å². The van der Waals surface area contributed by atoms with Gasteiger partial charge in [0.15, 0.2) is 0 Å². The Balaban J connectivity index is 1.80. The normalized spacial score (nSPS) is 30.6. The van der Waals surface area contributed by atoms with Gasteiger partial charge in [0.2, 0.25) is 0 Å². The molecule has 0 aromatic rings. The maximum Gasteiger partial charge on any atom is 0.0594 e. The van der Waals surface area contributed by atoms with E-state index in [1.54, 1.807) is 0 Å². The number of alkyl halides is 1. The monoisotopic (exact) mass is 232 g/mol. The highest BCUT2D eigenvalue weighted by Gasteiger charge is 2.25. The lowest BCUT2D eigenvalue weighted by atomic mass is 10.0. The second-order valence-electron chi connectivity index (χ2n) is 4.43. The van der Waals surface area contributed by atoms with Crippen LogP contribution >= 0.6 is 11.6 Å². The molecule has 0 N–H and O–H groups in total. The Morgan fingerprint density at radius 1 is 1.20 bits per heavy atom. The lowest BCUT2D eigenvalue weighted by molar-refractivity contribution is -0.00181. The smallest absolute Gasteiger partial charge is 0.0594 e. The molecule has 0 aliphatic carbocycles. The van der Waals surface area contributed by atoms with Gasteiger partial charge in [-0.15, -0.1) is 11.6 Å². The van der Waals surface area contributed by atoms with Gasteiger partial charge in [-0.2, -0.15) is 0 Å². The van der Waals surface area contributed by atoms with E-state index in [1.165, 1.54) is 25.9 Å². The van der Waals surface area contributed by atoms with Crippen LogP contribution in [0.25, 0.3) is 0 Å². The Bertz CT molecular complexity index is 183. The summed E-state index contributed by atoms with van der Waals surface area (Å²) in [7, 11) is 0. The molecule has 2 fully saturated rings. The Hall–Kier alpha value is 0.170. The maximum absolute atomic E-state index is 5.79. The van der Waals surface area contributed by atoms with Crippen LogP contribution in [0.3, 0.4) is 0 Å². The molecule has 2 rings (SSSR count). The van der Waals surface area contributed by atoms with E-state index in [2.05, 4.69) is 9.80 Å². The zero-order valence-electron chi connectivity index (χ0n) is 9.33. The topological polar surface area (TPSA) is 15.7 Å². The third-order valence-corrected chi connectivity index (χ3v) is 3.61. The highest BCUT2D eigenvalue weighted by Crippen LogP contribution is 2.16. The summed E-state index contributed by atoms with van der Waals surface area (Å²) in [6.45, 7) is 7.51. The van der Waals surface area contributed by atoms with E-state index in [-0.39, 0.29) is 0 Å². The molecule has 2 saturated heterocycles. The van der Waals surface area contributed by atoms with Crippen molar-refractivity contribution in [2.24, 2.45) is 0 Å². The molecule has 3 nitrogen and oxygen atoms in total. The van der Waals surface area contributed by atoms with Crippen molar-refractivity contribution >= 4 is 11.6 Å². The van der Waals surface area contributed by atoms with Crippen LogP contribution in [-0.2, 0) is 4.74 Å². The number of piperidine rings is 1. The summed E-state index contributed by atoms with van der Waals surface area (Å²) in [6, 6.07) is 0.742. The number of halogens is 1. The van der Waals surface area contributed by atoms with Crippen molar-refractivity contribution in [3.63, 3.8) is 0 Å². The lowest BCUT2D eigenvalue weighted by Crippen LogP contribution is -2.51. The zero-order chi connectivity index (χ0) is 10.5. The first-order chi connectivity index (χ1) is 7.40. The summed E-state index contributed by atoms with van der Waals surface area (Å²) in [4.78, 5) is 5.08. The van der Waals surface area contributed by atoms with Gasteiger partial charge in [0, 0.05) is 38.1 Å². The fourth-order valence-electron chi connectivity index (χ4n) is 2.59. The predicted molar refractivity (Wildman–Crippen MR) is 62.6 cm³/mol. The van der Waals surface area contributed by atoms with E-state index in [1.807, 2.05) is 0 Å². The molecule has 0 aromatic carbocycles. The first-order valence-electron chi connectivity index (χ1n) is 6.00. The zero-order valence-corrected chi connectivity index (χ0v) is 10.1. The molecule has 1 atom stereocenters. The van der Waals surface area contributed by atoms with E-state index in [4.69, 9.17) is 16.3 Å². The number of hydrogen-bond donors (Lipinski definition) is 0. The number of ether oxygens (including phenoxy) is 1. The summed E-state index contributed by atoms with van der Waals surface area (Å²) >= 11 is 5.79. The number of nitrogens with zero attached hydrogens (tertiary/aromatic N) is 2. The van der Waals surface area contributed by atoms with Crippen LogP contribution in [0, 0.1) is 0 Å². The van der Waals surface area contributed by atoms with Crippen LogP contribution in [0.5, 0.6) is 0 Å². The Morgan fingerprint density at radius 3 is 2.73 bits per heavy atom. The van der Waals surface area contributed by atoms with Crippen molar-refractivity contribution in [1.82, 2.24) is 9.80 Å². The van der Waals surface area contributed by atoms with Crippen LogP contribution in [0.2, 0.25) is 0 Å². The van der Waals surface area contributed by atoms with Crippen molar-refractivity contribution in [2.45, 2.75) is 18.9 Å². The second kappa shape index (κ2) is 6.04. The minimum atomic E-state index is 0.742. The first-order valence-corrected chi connectivity index (χ1v) is 6.53. The third kappa shape index (κ3) is 3.31. The number of likely N-dealkylation sites (tertiary alicyclic amines) is 1. The summed E-state index contributed by atoms with van der Waals surface area (Å²) in [5, 5.41) is 0. The van der Waals surface area contributed by atoms with Gasteiger partial charge in [0.05, 0.1) is 13.2 Å². The van der Waals surface area contributed by atoms with E-state index in [0.717, 1.165) is 44.8 Å². The van der Waals surface area contributed by atoms with Crippen molar-refractivity contribution in [2.75, 3.05) is 51.8 Å². The summed E-state index contributed by atoms with van der Waals surface area (Å²) in [5.74, 6) is 0.760. The van der Waals surface area contributed by atoms with Gasteiger partial charge in [0.1, 0.15) is 0 Å². The number of rotatable bonds is 3. The van der Waals surface area contributed by atoms with Crippen molar-refractivity contribution in [1.29, 1.82) is 0 Å². The van der Waals surface area contributed by atoms with E-state index in [9.17, 15) is 0 Å². The van der Waals surface area contributed by atoms with Gasteiger partial charge >= 0.3 is 0 Å². The van der Waals surface area contributed by atoms with Crippen molar-refractivity contribution < 1.29 is 4.74 Å². The predicted octanol–water partition coefficient (Wildman–Crippen LogP) is 1.02. The molecule has 0 saturated carbocycles. The number of hydrogen-bond acceptors (Lipinski definition) is 3. The van der Waals surface area contributed by atoms with Crippen LogP contribution in [0.4, 0.5) is 0 Å². The van der Waals surface area contributed by atoms with Crippen LogP contribution in [0.1, 0.15) is 12.8 Å². The Kier molecular flexibility index (Phi) is 4.69.